The van der Waals surface area contributed by atoms with Crippen LogP contribution in [-0.4, -0.2) is 32.3 Å². The molecule has 102 valence electrons. The monoisotopic (exact) mass is 291 g/mol. The molecule has 6 heteroatoms. The molecular weight excluding hydrogens is 274 g/mol. The Hall–Kier alpha value is -0.620. The lowest BCUT2D eigenvalue weighted by Crippen LogP contribution is -2.29. The maximum Gasteiger partial charge on any atom is 0.261 e. The first-order valence-electron chi connectivity index (χ1n) is 5.60. The molecule has 1 aliphatic rings. The highest BCUT2D eigenvalue weighted by Gasteiger charge is 2.27. The van der Waals surface area contributed by atoms with Crippen molar-refractivity contribution in [3.05, 3.63) is 35.4 Å². The number of alkyl halides is 1. The van der Waals surface area contributed by atoms with Crippen LogP contribution >= 0.6 is 11.6 Å². The second kappa shape index (κ2) is 6.02. The van der Waals surface area contributed by atoms with Crippen molar-refractivity contribution >= 4 is 21.7 Å². The Morgan fingerprint density at radius 1 is 1.39 bits per heavy atom. The van der Waals surface area contributed by atoms with E-state index in [0.29, 0.717) is 6.26 Å². The lowest BCUT2D eigenvalue weighted by Gasteiger charge is -2.22. The summed E-state index contributed by atoms with van der Waals surface area (Å²) in [7, 11) is -3.67. The van der Waals surface area contributed by atoms with Gasteiger partial charge in [-0.3, -0.25) is 4.55 Å². The highest BCUT2D eigenvalue weighted by atomic mass is 35.5. The molecule has 0 saturated carbocycles. The topological polar surface area (TPSA) is 66.4 Å². The summed E-state index contributed by atoms with van der Waals surface area (Å²) in [5, 5.41) is 3.35. The van der Waals surface area contributed by atoms with E-state index in [4.69, 9.17) is 16.2 Å². The van der Waals surface area contributed by atoms with Gasteiger partial charge in [0, 0.05) is 6.54 Å². The van der Waals surface area contributed by atoms with Crippen molar-refractivity contribution in [2.24, 2.45) is 0 Å². The number of hydrogen-bond donors (Lipinski definition) is 2. The molecular formula is C12H18ClNO3S. The van der Waals surface area contributed by atoms with E-state index in [-0.39, 0.29) is 4.87 Å². The van der Waals surface area contributed by atoms with E-state index in [1.165, 1.54) is 11.1 Å². The minimum Gasteiger partial charge on any atom is -0.314 e. The van der Waals surface area contributed by atoms with Crippen LogP contribution in [0.3, 0.4) is 0 Å². The number of benzene rings is 1. The van der Waals surface area contributed by atoms with Crippen molar-refractivity contribution in [3.63, 3.8) is 0 Å². The maximum atomic E-state index is 9.19. The molecule has 0 amide bonds. The van der Waals surface area contributed by atoms with Crippen molar-refractivity contribution in [1.29, 1.82) is 0 Å². The number of hydrogen-bond acceptors (Lipinski definition) is 3. The Morgan fingerprint density at radius 2 is 1.94 bits per heavy atom. The standard InChI is InChI=1S/C11H14ClN.CH4O3S/c1-11(12)8-13-7-6-9-4-2-3-5-10(9)11;1-5(2,3)4/h2-5,13H,6-8H2,1H3;1H3,(H,2,3,4). The van der Waals surface area contributed by atoms with Gasteiger partial charge in [-0.25, -0.2) is 0 Å². The van der Waals surface area contributed by atoms with E-state index in [1.54, 1.807) is 0 Å². The van der Waals surface area contributed by atoms with E-state index < -0.39 is 10.1 Å². The lowest BCUT2D eigenvalue weighted by molar-refractivity contribution is 0.490. The minimum atomic E-state index is -3.67. The first-order valence-corrected chi connectivity index (χ1v) is 7.83. The third-order valence-electron chi connectivity index (χ3n) is 2.61. The van der Waals surface area contributed by atoms with Crippen LogP contribution in [0.25, 0.3) is 0 Å². The predicted octanol–water partition coefficient (Wildman–Crippen LogP) is 1.79. The summed E-state index contributed by atoms with van der Waals surface area (Å²) in [4.78, 5) is -0.243. The fourth-order valence-corrected chi connectivity index (χ4v) is 2.17. The number of nitrogens with one attached hydrogen (secondary N) is 1. The predicted molar refractivity (Wildman–Crippen MR) is 73.7 cm³/mol. The molecule has 0 fully saturated rings. The third-order valence-corrected chi connectivity index (χ3v) is 2.94. The molecule has 1 aromatic carbocycles. The van der Waals surface area contributed by atoms with E-state index in [2.05, 4.69) is 36.5 Å². The summed E-state index contributed by atoms with van der Waals surface area (Å²) in [6.45, 7) is 3.95. The minimum absolute atomic E-state index is 0.243. The Morgan fingerprint density at radius 3 is 2.56 bits per heavy atom. The summed E-state index contributed by atoms with van der Waals surface area (Å²) < 4.78 is 25.9. The maximum absolute atomic E-state index is 9.19. The van der Waals surface area contributed by atoms with Crippen molar-refractivity contribution in [1.82, 2.24) is 5.32 Å². The van der Waals surface area contributed by atoms with Crippen LogP contribution in [0.15, 0.2) is 24.3 Å². The number of halogens is 1. The number of rotatable bonds is 0. The van der Waals surface area contributed by atoms with E-state index >= 15 is 0 Å². The molecule has 0 aliphatic carbocycles. The van der Waals surface area contributed by atoms with Crippen molar-refractivity contribution < 1.29 is 13.0 Å². The molecule has 2 rings (SSSR count). The molecule has 4 nitrogen and oxygen atoms in total. The van der Waals surface area contributed by atoms with E-state index in [1.807, 2.05) is 0 Å². The fourth-order valence-electron chi connectivity index (χ4n) is 1.89. The van der Waals surface area contributed by atoms with Gasteiger partial charge in [-0.2, -0.15) is 8.42 Å². The van der Waals surface area contributed by atoms with Crippen LogP contribution < -0.4 is 5.32 Å². The largest absolute Gasteiger partial charge is 0.314 e. The van der Waals surface area contributed by atoms with Gasteiger partial charge < -0.3 is 5.32 Å². The third kappa shape index (κ3) is 5.35. The van der Waals surface area contributed by atoms with Crippen molar-refractivity contribution in [2.45, 2.75) is 18.2 Å². The van der Waals surface area contributed by atoms with Crippen LogP contribution in [0.2, 0.25) is 0 Å². The Labute approximate surface area is 113 Å². The SMILES string of the molecule is CC1(Cl)CNCCc2ccccc21.CS(=O)(=O)O. The fraction of sp³-hybridized carbons (Fsp3) is 0.500. The number of fused-ring (bicyclic) bond motifs is 1. The van der Waals surface area contributed by atoms with Gasteiger partial charge in [-0.15, -0.1) is 11.6 Å². The summed E-state index contributed by atoms with van der Waals surface area (Å²) in [6, 6.07) is 8.44. The normalized spacial score (nSPS) is 23.3. The molecule has 0 aromatic heterocycles. The molecule has 1 heterocycles. The van der Waals surface area contributed by atoms with E-state index in [9.17, 15) is 8.42 Å². The summed E-state index contributed by atoms with van der Waals surface area (Å²) >= 11 is 6.44. The van der Waals surface area contributed by atoms with Gasteiger partial charge in [0.25, 0.3) is 10.1 Å². The first-order chi connectivity index (χ1) is 8.20. The van der Waals surface area contributed by atoms with Gasteiger partial charge in [0.2, 0.25) is 0 Å². The van der Waals surface area contributed by atoms with Crippen LogP contribution in [0.1, 0.15) is 18.1 Å². The zero-order chi connectivity index (χ0) is 13.8. The van der Waals surface area contributed by atoms with Crippen LogP contribution in [0.4, 0.5) is 0 Å². The molecule has 1 aromatic rings. The molecule has 0 radical (unpaired) electrons. The van der Waals surface area contributed by atoms with Crippen LogP contribution in [0.5, 0.6) is 0 Å². The highest BCUT2D eigenvalue weighted by molar-refractivity contribution is 7.85. The molecule has 1 unspecified atom stereocenters. The zero-order valence-electron chi connectivity index (χ0n) is 10.5. The first kappa shape index (κ1) is 15.4. The average molecular weight is 292 g/mol. The zero-order valence-corrected chi connectivity index (χ0v) is 12.1. The molecule has 2 N–H and O–H groups in total. The molecule has 0 spiro atoms. The van der Waals surface area contributed by atoms with Crippen molar-refractivity contribution in [3.8, 4) is 0 Å². The molecule has 0 saturated heterocycles. The van der Waals surface area contributed by atoms with Gasteiger partial charge in [-0.1, -0.05) is 24.3 Å². The van der Waals surface area contributed by atoms with Crippen LogP contribution in [-0.2, 0) is 21.4 Å². The molecule has 1 aliphatic heterocycles. The summed E-state index contributed by atoms with van der Waals surface area (Å²) in [5.74, 6) is 0. The van der Waals surface area contributed by atoms with Gasteiger partial charge in [0.15, 0.2) is 0 Å². The smallest absolute Gasteiger partial charge is 0.261 e. The van der Waals surface area contributed by atoms with Crippen molar-refractivity contribution in [2.75, 3.05) is 19.3 Å². The Bertz CT molecular complexity index is 492. The van der Waals surface area contributed by atoms with Gasteiger partial charge in [0.05, 0.1) is 11.1 Å². The lowest BCUT2D eigenvalue weighted by atomic mass is 9.95. The average Bonchev–Trinajstić information content (AvgIpc) is 2.36. The molecule has 0 bridgehead atoms. The van der Waals surface area contributed by atoms with Gasteiger partial charge >= 0.3 is 0 Å². The Balaban J connectivity index is 0.000000280. The quantitative estimate of drug-likeness (QED) is 0.565. The highest BCUT2D eigenvalue weighted by Crippen LogP contribution is 2.32. The van der Waals surface area contributed by atoms with Gasteiger partial charge in [-0.05, 0) is 31.0 Å². The summed E-state index contributed by atoms with van der Waals surface area (Å²) in [6.07, 6.45) is 1.80. The second-order valence-electron chi connectivity index (χ2n) is 4.51. The van der Waals surface area contributed by atoms with Crippen LogP contribution in [0, 0.1) is 0 Å². The summed E-state index contributed by atoms with van der Waals surface area (Å²) in [5.41, 5.74) is 2.66. The van der Waals surface area contributed by atoms with E-state index in [0.717, 1.165) is 19.5 Å². The molecule has 18 heavy (non-hydrogen) atoms. The molecule has 1 atom stereocenters. The second-order valence-corrected chi connectivity index (χ2v) is 6.81. The van der Waals surface area contributed by atoms with Gasteiger partial charge in [0.1, 0.15) is 0 Å². The Kier molecular flexibility index (Phi) is 5.16.